The maximum Gasteiger partial charge on any atom is 0.259 e. The quantitative estimate of drug-likeness (QED) is 0.401. The highest BCUT2D eigenvalue weighted by Gasteiger charge is 2.18. The van der Waals surface area contributed by atoms with Gasteiger partial charge >= 0.3 is 0 Å². The van der Waals surface area contributed by atoms with Gasteiger partial charge in [-0.15, -0.1) is 0 Å². The molecule has 0 aliphatic carbocycles. The summed E-state index contributed by atoms with van der Waals surface area (Å²) in [6.07, 6.45) is 3.29. The molecule has 35 heavy (non-hydrogen) atoms. The van der Waals surface area contributed by atoms with Gasteiger partial charge in [-0.3, -0.25) is 19.1 Å². The molecule has 0 aliphatic rings. The molecule has 8 nitrogen and oxygen atoms in total. The lowest BCUT2D eigenvalue weighted by Gasteiger charge is -2.16. The topological polar surface area (TPSA) is 103 Å². The Morgan fingerprint density at radius 2 is 1.80 bits per heavy atom. The maximum atomic E-state index is 13.1. The number of fused-ring (bicyclic) bond motifs is 1. The monoisotopic (exact) mass is 465 g/mol. The lowest BCUT2D eigenvalue weighted by molar-refractivity contribution is -0.122. The van der Waals surface area contributed by atoms with E-state index in [0.717, 1.165) is 22.1 Å². The van der Waals surface area contributed by atoms with Crippen LogP contribution in [0.4, 0.5) is 0 Å². The van der Waals surface area contributed by atoms with Crippen molar-refractivity contribution in [2.24, 2.45) is 0 Å². The Morgan fingerprint density at radius 1 is 1.06 bits per heavy atom. The fraction of sp³-hybridized carbons (Fsp3) is 0.148. The molecule has 1 atom stereocenters. The van der Waals surface area contributed by atoms with Crippen LogP contribution < -0.4 is 10.9 Å². The number of aromatic nitrogens is 4. The van der Waals surface area contributed by atoms with E-state index in [-0.39, 0.29) is 29.9 Å². The molecule has 1 amide bonds. The zero-order chi connectivity index (χ0) is 24.4. The third kappa shape index (κ3) is 4.59. The van der Waals surface area contributed by atoms with Gasteiger partial charge < -0.3 is 9.84 Å². The van der Waals surface area contributed by atoms with E-state index in [0.29, 0.717) is 16.9 Å². The summed E-state index contributed by atoms with van der Waals surface area (Å²) in [6.45, 7) is 3.83. The number of benzene rings is 2. The Bertz CT molecular complexity index is 1560. The molecule has 174 valence electrons. The minimum absolute atomic E-state index is 0.109. The molecule has 0 unspecified atom stereocenters. The summed E-state index contributed by atoms with van der Waals surface area (Å²) >= 11 is 0. The average Bonchev–Trinajstić information content (AvgIpc) is 3.37. The predicted octanol–water partition coefficient (Wildman–Crippen LogP) is 4.30. The molecule has 2 aromatic carbocycles. The summed E-state index contributed by atoms with van der Waals surface area (Å²) in [7, 11) is 0. The van der Waals surface area contributed by atoms with E-state index in [1.54, 1.807) is 30.6 Å². The van der Waals surface area contributed by atoms with Crippen LogP contribution in [0.2, 0.25) is 0 Å². The number of hydrogen-bond donors (Lipinski definition) is 1. The first kappa shape index (κ1) is 22.2. The number of amides is 1. The van der Waals surface area contributed by atoms with Crippen molar-refractivity contribution >= 4 is 16.8 Å². The van der Waals surface area contributed by atoms with Crippen molar-refractivity contribution in [3.63, 3.8) is 0 Å². The number of carbonyl (C=O) groups excluding carboxylic acids is 1. The number of rotatable bonds is 6. The molecule has 3 heterocycles. The molecule has 3 aromatic heterocycles. The molecule has 0 saturated carbocycles. The first-order valence-electron chi connectivity index (χ1n) is 11.2. The maximum absolute atomic E-state index is 13.1. The summed E-state index contributed by atoms with van der Waals surface area (Å²) in [5, 5.41) is 7.76. The summed E-state index contributed by atoms with van der Waals surface area (Å²) in [5.74, 6) is 0.380. The van der Waals surface area contributed by atoms with Gasteiger partial charge in [-0.25, -0.2) is 0 Å². The van der Waals surface area contributed by atoms with E-state index in [1.165, 1.54) is 10.6 Å². The average molecular weight is 466 g/mol. The third-order valence-electron chi connectivity index (χ3n) is 5.87. The molecule has 0 fully saturated rings. The van der Waals surface area contributed by atoms with Gasteiger partial charge in [-0.05, 0) is 37.6 Å². The SMILES string of the molecule is Cc1ccc([C@@H](C)NC(=O)Cn2c(=O)cc(-c3nc(-c4ccncc4)no3)c3ccccc32)cc1. The van der Waals surface area contributed by atoms with Crippen LogP contribution in [-0.2, 0) is 11.3 Å². The van der Waals surface area contributed by atoms with Crippen LogP contribution >= 0.6 is 0 Å². The number of carbonyl (C=O) groups is 1. The fourth-order valence-electron chi connectivity index (χ4n) is 3.99. The molecule has 0 bridgehead atoms. The molecule has 1 N–H and O–H groups in total. The van der Waals surface area contributed by atoms with Crippen LogP contribution in [0.5, 0.6) is 0 Å². The molecule has 0 spiro atoms. The van der Waals surface area contributed by atoms with Crippen molar-refractivity contribution < 1.29 is 9.32 Å². The van der Waals surface area contributed by atoms with Crippen molar-refractivity contribution in [3.05, 3.63) is 101 Å². The minimum Gasteiger partial charge on any atom is -0.348 e. The summed E-state index contributed by atoms with van der Waals surface area (Å²) in [6, 6.07) is 20.1. The highest BCUT2D eigenvalue weighted by molar-refractivity contribution is 5.93. The molecule has 0 radical (unpaired) electrons. The number of nitrogens with zero attached hydrogens (tertiary/aromatic N) is 4. The summed E-state index contributed by atoms with van der Waals surface area (Å²) in [5.41, 5.74) is 3.70. The smallest absolute Gasteiger partial charge is 0.259 e. The molecule has 5 rings (SSSR count). The van der Waals surface area contributed by atoms with Gasteiger partial charge in [-0.1, -0.05) is 53.2 Å². The number of nitrogens with one attached hydrogen (secondary N) is 1. The highest BCUT2D eigenvalue weighted by Crippen LogP contribution is 2.28. The standard InChI is InChI=1S/C27H23N5O3/c1-17-7-9-19(10-8-17)18(2)29-24(33)16-32-23-6-4-3-5-21(23)22(15-25(32)34)27-30-26(31-35-27)20-11-13-28-14-12-20/h3-15,18H,16H2,1-2H3,(H,29,33)/t18-/m1/s1. The molecule has 0 saturated heterocycles. The van der Waals surface area contributed by atoms with E-state index < -0.39 is 0 Å². The molecule has 0 aliphatic heterocycles. The van der Waals surface area contributed by atoms with E-state index >= 15 is 0 Å². The van der Waals surface area contributed by atoms with Gasteiger partial charge in [0.1, 0.15) is 6.54 Å². The number of pyridine rings is 2. The fourth-order valence-corrected chi connectivity index (χ4v) is 3.99. The number of hydrogen-bond acceptors (Lipinski definition) is 6. The van der Waals surface area contributed by atoms with Crippen molar-refractivity contribution in [3.8, 4) is 22.8 Å². The van der Waals surface area contributed by atoms with Gasteiger partial charge in [0, 0.05) is 29.4 Å². The van der Waals surface area contributed by atoms with E-state index in [2.05, 4.69) is 20.4 Å². The summed E-state index contributed by atoms with van der Waals surface area (Å²) in [4.78, 5) is 34.5. The van der Waals surface area contributed by atoms with Crippen LogP contribution in [0.3, 0.4) is 0 Å². The van der Waals surface area contributed by atoms with E-state index in [9.17, 15) is 9.59 Å². The first-order valence-corrected chi connectivity index (χ1v) is 11.2. The van der Waals surface area contributed by atoms with Crippen LogP contribution in [-0.4, -0.2) is 25.6 Å². The van der Waals surface area contributed by atoms with E-state index in [4.69, 9.17) is 4.52 Å². The zero-order valence-electron chi connectivity index (χ0n) is 19.3. The second-order valence-electron chi connectivity index (χ2n) is 8.36. The zero-order valence-corrected chi connectivity index (χ0v) is 19.3. The van der Waals surface area contributed by atoms with Gasteiger partial charge in [0.05, 0.1) is 17.1 Å². The third-order valence-corrected chi connectivity index (χ3v) is 5.87. The summed E-state index contributed by atoms with van der Waals surface area (Å²) < 4.78 is 6.94. The molecular formula is C27H23N5O3. The van der Waals surface area contributed by atoms with Crippen LogP contribution in [0, 0.1) is 6.92 Å². The van der Waals surface area contributed by atoms with E-state index in [1.807, 2.05) is 56.3 Å². The normalized spacial score (nSPS) is 11.9. The Kier molecular flexibility index (Phi) is 5.93. The van der Waals surface area contributed by atoms with Crippen LogP contribution in [0.1, 0.15) is 24.1 Å². The lowest BCUT2D eigenvalue weighted by Crippen LogP contribution is -2.34. The second-order valence-corrected chi connectivity index (χ2v) is 8.36. The Balaban J connectivity index is 1.45. The minimum atomic E-state index is -0.333. The largest absolute Gasteiger partial charge is 0.348 e. The first-order chi connectivity index (χ1) is 17.0. The Morgan fingerprint density at radius 3 is 2.57 bits per heavy atom. The van der Waals surface area contributed by atoms with Gasteiger partial charge in [-0.2, -0.15) is 4.98 Å². The van der Waals surface area contributed by atoms with Crippen molar-refractivity contribution in [2.45, 2.75) is 26.4 Å². The Hall–Kier alpha value is -4.59. The lowest BCUT2D eigenvalue weighted by atomic mass is 10.1. The predicted molar refractivity (Wildman–Crippen MR) is 132 cm³/mol. The molecular weight excluding hydrogens is 442 g/mol. The van der Waals surface area contributed by atoms with Gasteiger partial charge in [0.15, 0.2) is 0 Å². The Labute approximate surface area is 201 Å². The van der Waals surface area contributed by atoms with Gasteiger partial charge in [0.25, 0.3) is 11.4 Å². The number of aryl methyl sites for hydroxylation is 1. The molecule has 8 heteroatoms. The van der Waals surface area contributed by atoms with Crippen molar-refractivity contribution in [1.29, 1.82) is 0 Å². The van der Waals surface area contributed by atoms with Crippen molar-refractivity contribution in [1.82, 2.24) is 25.0 Å². The number of para-hydroxylation sites is 1. The van der Waals surface area contributed by atoms with Crippen molar-refractivity contribution in [2.75, 3.05) is 0 Å². The van der Waals surface area contributed by atoms with Crippen LogP contribution in [0.15, 0.2) is 88.4 Å². The van der Waals surface area contributed by atoms with Gasteiger partial charge in [0.2, 0.25) is 11.7 Å². The molecule has 5 aromatic rings. The second kappa shape index (κ2) is 9.34. The highest BCUT2D eigenvalue weighted by atomic mass is 16.5. The van der Waals surface area contributed by atoms with Crippen LogP contribution in [0.25, 0.3) is 33.7 Å².